The zero-order chi connectivity index (χ0) is 7.49. The van der Waals surface area contributed by atoms with Crippen molar-refractivity contribution < 1.29 is 4.84 Å². The van der Waals surface area contributed by atoms with Crippen molar-refractivity contribution in [3.05, 3.63) is 0 Å². The molecule has 0 radical (unpaired) electrons. The van der Waals surface area contributed by atoms with Crippen LogP contribution >= 0.6 is 0 Å². The van der Waals surface area contributed by atoms with Gasteiger partial charge >= 0.3 is 0 Å². The van der Waals surface area contributed by atoms with Crippen molar-refractivity contribution in [3.63, 3.8) is 0 Å². The number of hydroxylamine groups is 1. The van der Waals surface area contributed by atoms with Gasteiger partial charge in [0.05, 0.1) is 7.11 Å². The van der Waals surface area contributed by atoms with Crippen LogP contribution in [0.25, 0.3) is 0 Å². The molecular formula is C7H17NO. The average Bonchev–Trinajstić information content (AvgIpc) is 1.64. The first kappa shape index (κ1) is 8.92. The van der Waals surface area contributed by atoms with Gasteiger partial charge in [-0.2, -0.15) is 5.48 Å². The third-order valence-corrected chi connectivity index (χ3v) is 1.59. The summed E-state index contributed by atoms with van der Waals surface area (Å²) in [4.78, 5) is 4.78. The molecule has 0 aromatic carbocycles. The lowest BCUT2D eigenvalue weighted by Crippen LogP contribution is -2.36. The normalized spacial score (nSPS) is 15.7. The molecule has 0 aliphatic carbocycles. The first-order valence-corrected chi connectivity index (χ1v) is 3.27. The fourth-order valence-electron chi connectivity index (χ4n) is 0.354. The van der Waals surface area contributed by atoms with Gasteiger partial charge < -0.3 is 4.84 Å². The van der Waals surface area contributed by atoms with Crippen LogP contribution in [0.4, 0.5) is 0 Å². The van der Waals surface area contributed by atoms with Gasteiger partial charge in [0.25, 0.3) is 0 Å². The highest BCUT2D eigenvalue weighted by molar-refractivity contribution is 4.72. The predicted molar refractivity (Wildman–Crippen MR) is 39.1 cm³/mol. The highest BCUT2D eigenvalue weighted by Crippen LogP contribution is 2.17. The Kier molecular flexibility index (Phi) is 3.15. The van der Waals surface area contributed by atoms with E-state index in [9.17, 15) is 0 Å². The van der Waals surface area contributed by atoms with E-state index in [1.54, 1.807) is 7.11 Å². The predicted octanol–water partition coefficient (Wildman–Crippen LogP) is 1.57. The number of rotatable bonds is 2. The molecule has 0 fully saturated rings. The summed E-state index contributed by atoms with van der Waals surface area (Å²) in [5, 5.41) is 0. The van der Waals surface area contributed by atoms with Gasteiger partial charge in [-0.15, -0.1) is 0 Å². The van der Waals surface area contributed by atoms with E-state index >= 15 is 0 Å². The molecule has 0 amide bonds. The van der Waals surface area contributed by atoms with Crippen LogP contribution in [0.15, 0.2) is 0 Å². The van der Waals surface area contributed by atoms with Crippen molar-refractivity contribution >= 4 is 0 Å². The molecule has 0 bridgehead atoms. The Hall–Kier alpha value is -0.0800. The molecule has 0 unspecified atom stereocenters. The fraction of sp³-hybridized carbons (Fsp3) is 1.00. The summed E-state index contributed by atoms with van der Waals surface area (Å²) >= 11 is 0. The Morgan fingerprint density at radius 3 is 1.89 bits per heavy atom. The maximum absolute atomic E-state index is 4.78. The highest BCUT2D eigenvalue weighted by Gasteiger charge is 2.18. The second kappa shape index (κ2) is 3.18. The standard InChI is InChI=1S/C7H17NO/c1-6(8-9-5)7(2,3)4/h6,8H,1-5H3/t6-/m0/s1. The van der Waals surface area contributed by atoms with Gasteiger partial charge in [0.1, 0.15) is 0 Å². The highest BCUT2D eigenvalue weighted by atomic mass is 16.6. The van der Waals surface area contributed by atoms with E-state index < -0.39 is 0 Å². The minimum Gasteiger partial charge on any atom is -0.305 e. The number of hydrogen-bond acceptors (Lipinski definition) is 2. The van der Waals surface area contributed by atoms with Gasteiger partial charge in [-0.25, -0.2) is 0 Å². The Balaban J connectivity index is 3.59. The lowest BCUT2D eigenvalue weighted by atomic mass is 9.89. The molecular weight excluding hydrogens is 114 g/mol. The van der Waals surface area contributed by atoms with Gasteiger partial charge in [0.2, 0.25) is 0 Å². The van der Waals surface area contributed by atoms with Crippen LogP contribution in [-0.4, -0.2) is 13.2 Å². The molecule has 1 N–H and O–H groups in total. The summed E-state index contributed by atoms with van der Waals surface area (Å²) < 4.78 is 0. The van der Waals surface area contributed by atoms with Crippen LogP contribution in [0.3, 0.4) is 0 Å². The van der Waals surface area contributed by atoms with Crippen molar-refractivity contribution in [1.29, 1.82) is 0 Å². The van der Waals surface area contributed by atoms with E-state index in [0.717, 1.165) is 0 Å². The minimum absolute atomic E-state index is 0.274. The lowest BCUT2D eigenvalue weighted by Gasteiger charge is -2.26. The summed E-state index contributed by atoms with van der Waals surface area (Å²) in [5.74, 6) is 0. The molecule has 0 aliphatic rings. The largest absolute Gasteiger partial charge is 0.305 e. The van der Waals surface area contributed by atoms with Crippen molar-refractivity contribution in [2.45, 2.75) is 33.7 Å². The molecule has 2 heteroatoms. The Labute approximate surface area is 57.5 Å². The lowest BCUT2D eigenvalue weighted by molar-refractivity contribution is 0.0313. The van der Waals surface area contributed by atoms with Crippen LogP contribution in [0.5, 0.6) is 0 Å². The smallest absolute Gasteiger partial charge is 0.0572 e. The SMILES string of the molecule is CON[C@@H](C)C(C)(C)C. The van der Waals surface area contributed by atoms with Gasteiger partial charge in [-0.1, -0.05) is 20.8 Å². The van der Waals surface area contributed by atoms with E-state index in [1.807, 2.05) is 0 Å². The number of hydrogen-bond donors (Lipinski definition) is 1. The molecule has 9 heavy (non-hydrogen) atoms. The van der Waals surface area contributed by atoms with Crippen LogP contribution in [0.1, 0.15) is 27.7 Å². The second-order valence-corrected chi connectivity index (χ2v) is 3.41. The van der Waals surface area contributed by atoms with Crippen LogP contribution < -0.4 is 5.48 Å². The zero-order valence-corrected chi connectivity index (χ0v) is 6.99. The third kappa shape index (κ3) is 3.49. The quantitative estimate of drug-likeness (QED) is 0.574. The van der Waals surface area contributed by atoms with Crippen molar-refractivity contribution in [1.82, 2.24) is 5.48 Å². The van der Waals surface area contributed by atoms with E-state index in [-0.39, 0.29) is 5.41 Å². The molecule has 0 aromatic heterocycles. The first-order valence-electron chi connectivity index (χ1n) is 3.27. The summed E-state index contributed by atoms with van der Waals surface area (Å²) in [5.41, 5.74) is 3.16. The van der Waals surface area contributed by atoms with Crippen LogP contribution in [0, 0.1) is 5.41 Å². The van der Waals surface area contributed by atoms with Crippen molar-refractivity contribution in [3.8, 4) is 0 Å². The fourth-order valence-corrected chi connectivity index (χ4v) is 0.354. The van der Waals surface area contributed by atoms with E-state index in [1.165, 1.54) is 0 Å². The number of nitrogens with one attached hydrogen (secondary N) is 1. The molecule has 0 aromatic rings. The Morgan fingerprint density at radius 1 is 1.33 bits per heavy atom. The Bertz CT molecular complexity index is 75.5. The van der Waals surface area contributed by atoms with Gasteiger partial charge in [-0.05, 0) is 12.3 Å². The summed E-state index contributed by atoms with van der Waals surface area (Å²) in [6, 6.07) is 0.391. The van der Waals surface area contributed by atoms with E-state index in [0.29, 0.717) is 6.04 Å². The zero-order valence-electron chi connectivity index (χ0n) is 6.99. The monoisotopic (exact) mass is 131 g/mol. The second-order valence-electron chi connectivity index (χ2n) is 3.41. The maximum atomic E-state index is 4.78. The van der Waals surface area contributed by atoms with Gasteiger partial charge in [0.15, 0.2) is 0 Å². The van der Waals surface area contributed by atoms with Crippen molar-refractivity contribution in [2.24, 2.45) is 5.41 Å². The van der Waals surface area contributed by atoms with Gasteiger partial charge in [-0.3, -0.25) is 0 Å². The summed E-state index contributed by atoms with van der Waals surface area (Å²) in [6.07, 6.45) is 0. The van der Waals surface area contributed by atoms with Crippen LogP contribution in [0.2, 0.25) is 0 Å². The Morgan fingerprint density at radius 2 is 1.78 bits per heavy atom. The average molecular weight is 131 g/mol. The molecule has 0 rings (SSSR count). The topological polar surface area (TPSA) is 21.3 Å². The molecule has 0 spiro atoms. The molecule has 0 heterocycles. The van der Waals surface area contributed by atoms with Gasteiger partial charge in [0, 0.05) is 6.04 Å². The molecule has 56 valence electrons. The molecule has 0 saturated heterocycles. The maximum Gasteiger partial charge on any atom is 0.0572 e. The van der Waals surface area contributed by atoms with Crippen molar-refractivity contribution in [2.75, 3.05) is 7.11 Å². The molecule has 1 atom stereocenters. The molecule has 0 aliphatic heterocycles. The minimum atomic E-state index is 0.274. The summed E-state index contributed by atoms with van der Waals surface area (Å²) in [6.45, 7) is 8.61. The van der Waals surface area contributed by atoms with E-state index in [2.05, 4.69) is 33.2 Å². The van der Waals surface area contributed by atoms with Crippen LogP contribution in [-0.2, 0) is 4.84 Å². The summed E-state index contributed by atoms with van der Waals surface area (Å²) in [7, 11) is 1.64. The molecule has 0 saturated carbocycles. The molecule has 2 nitrogen and oxygen atoms in total. The van der Waals surface area contributed by atoms with E-state index in [4.69, 9.17) is 4.84 Å². The first-order chi connectivity index (χ1) is 3.98. The third-order valence-electron chi connectivity index (χ3n) is 1.59.